The molecule has 0 saturated carbocycles. The van der Waals surface area contributed by atoms with Crippen LogP contribution in [0.15, 0.2) is 12.2 Å². The highest BCUT2D eigenvalue weighted by Crippen LogP contribution is 2.44. The predicted octanol–water partition coefficient (Wildman–Crippen LogP) is 3.14. The van der Waals surface area contributed by atoms with E-state index in [1.165, 1.54) is 6.08 Å². The van der Waals surface area contributed by atoms with Gasteiger partial charge in [0.15, 0.2) is 5.79 Å². The summed E-state index contributed by atoms with van der Waals surface area (Å²) in [6.45, 7) is -0.476. The lowest BCUT2D eigenvalue weighted by Crippen LogP contribution is -2.40. The lowest BCUT2D eigenvalue weighted by Gasteiger charge is -2.31. The number of hydrogen-bond donors (Lipinski definition) is 7. The third kappa shape index (κ3) is 18.9. The molecule has 1 amide bonds. The topological polar surface area (TPSA) is 221 Å². The van der Waals surface area contributed by atoms with E-state index in [0.29, 0.717) is 19.4 Å². The summed E-state index contributed by atoms with van der Waals surface area (Å²) in [6.07, 6.45) is 18.7. The zero-order valence-corrected chi connectivity index (χ0v) is 29.1. The minimum absolute atomic E-state index is 0.0308. The van der Waals surface area contributed by atoms with Crippen molar-refractivity contribution in [1.29, 1.82) is 0 Å². The molecule has 2 aliphatic heterocycles. The van der Waals surface area contributed by atoms with Gasteiger partial charge in [-0.25, -0.2) is 0 Å². The van der Waals surface area contributed by atoms with Crippen LogP contribution in [0.1, 0.15) is 122 Å². The Morgan fingerprint density at radius 3 is 2.29 bits per heavy atom. The van der Waals surface area contributed by atoms with E-state index in [9.17, 15) is 28.2 Å². The molecule has 2 unspecified atom stereocenters. The van der Waals surface area contributed by atoms with Crippen molar-refractivity contribution in [2.75, 3.05) is 26.4 Å². The number of hydrogen-bond acceptors (Lipinski definition) is 10. The molecule has 0 radical (unpaired) electrons. The molecule has 0 aromatic carbocycles. The number of nitrogens with one attached hydrogen (secondary N) is 2. The smallest absolute Gasteiger partial charge is 0.333 e. The molecule has 0 aromatic rings. The third-order valence-corrected chi connectivity index (χ3v) is 9.51. The Balaban J connectivity index is 1.47. The van der Waals surface area contributed by atoms with Crippen LogP contribution in [0.2, 0.25) is 0 Å². The highest BCUT2D eigenvalue weighted by Gasteiger charge is 2.49. The van der Waals surface area contributed by atoms with E-state index in [1.54, 1.807) is 6.08 Å². The number of allylic oxidation sites excluding steroid dienone is 1. The van der Waals surface area contributed by atoms with Crippen LogP contribution in [0.5, 0.6) is 0 Å². The van der Waals surface area contributed by atoms with E-state index in [0.717, 1.165) is 109 Å². The van der Waals surface area contributed by atoms with Crippen molar-refractivity contribution in [2.45, 2.75) is 158 Å². The lowest BCUT2D eigenvalue weighted by molar-refractivity contribution is -0.198. The second-order valence-corrected chi connectivity index (χ2v) is 14.3. The second-order valence-electron chi connectivity index (χ2n) is 13.1. The van der Waals surface area contributed by atoms with Crippen LogP contribution in [-0.2, 0) is 34.1 Å². The summed E-state index contributed by atoms with van der Waals surface area (Å²) in [4.78, 5) is 22.0. The highest BCUT2D eigenvalue weighted by molar-refractivity contribution is 7.83. The fourth-order valence-corrected chi connectivity index (χ4v) is 6.87. The van der Waals surface area contributed by atoms with Gasteiger partial charge < -0.3 is 40.0 Å². The average molecular weight is 709 g/mol. The number of carboxylic acid groups (broad SMARTS) is 1. The summed E-state index contributed by atoms with van der Waals surface area (Å²) in [5.74, 6) is -1.96. The largest absolute Gasteiger partial charge is 0.480 e. The van der Waals surface area contributed by atoms with Crippen LogP contribution in [0.25, 0.3) is 0 Å². The Hall–Kier alpha value is -1.69. The quantitative estimate of drug-likeness (QED) is 0.0339. The van der Waals surface area contributed by atoms with E-state index >= 15 is 0 Å². The zero-order chi connectivity index (χ0) is 35.3. The van der Waals surface area contributed by atoms with Gasteiger partial charge in [-0.15, -0.1) is 0 Å². The molecule has 2 fully saturated rings. The van der Waals surface area contributed by atoms with Gasteiger partial charge in [0.1, 0.15) is 6.54 Å². The number of aliphatic hydroxyl groups excluding tert-OH is 3. The number of carbonyl (C=O) groups excluding carboxylic acids is 1. The number of amides is 1. The minimum atomic E-state index is -4.39. The second kappa shape index (κ2) is 23.7. The zero-order valence-electron chi connectivity index (χ0n) is 28.3. The Morgan fingerprint density at radius 1 is 0.938 bits per heavy atom. The fraction of sp³-hybridized carbons (Fsp3) is 0.879. The van der Waals surface area contributed by atoms with Crippen LogP contribution < -0.4 is 10.0 Å². The molecule has 48 heavy (non-hydrogen) atoms. The number of carbonyl (C=O) groups is 2. The van der Waals surface area contributed by atoms with Gasteiger partial charge in [-0.2, -0.15) is 13.1 Å². The van der Waals surface area contributed by atoms with Crippen molar-refractivity contribution in [3.63, 3.8) is 0 Å². The van der Waals surface area contributed by atoms with Crippen molar-refractivity contribution < 1.29 is 57.2 Å². The molecule has 15 heteroatoms. The van der Waals surface area contributed by atoms with E-state index in [2.05, 4.69) is 5.32 Å². The van der Waals surface area contributed by atoms with E-state index in [-0.39, 0.29) is 25.4 Å². The van der Waals surface area contributed by atoms with Gasteiger partial charge in [0, 0.05) is 19.4 Å². The minimum Gasteiger partial charge on any atom is -0.480 e. The molecule has 0 aliphatic carbocycles. The number of unbranched alkanes of at least 4 members (excludes halogenated alkanes) is 9. The molecular weight excluding hydrogens is 648 g/mol. The Kier molecular flexibility index (Phi) is 20.9. The number of carboxylic acids is 1. The van der Waals surface area contributed by atoms with Gasteiger partial charge in [0.05, 0.1) is 43.7 Å². The van der Waals surface area contributed by atoms with Crippen LogP contribution in [0, 0.1) is 0 Å². The number of fused-ring (bicyclic) bond motifs is 2. The van der Waals surface area contributed by atoms with Gasteiger partial charge in [0.2, 0.25) is 5.91 Å². The molecule has 2 heterocycles. The maximum atomic E-state index is 11.5. The van der Waals surface area contributed by atoms with Crippen LogP contribution >= 0.6 is 0 Å². The normalized spacial score (nSPS) is 22.9. The van der Waals surface area contributed by atoms with Gasteiger partial charge >= 0.3 is 16.3 Å². The molecule has 14 nitrogen and oxygen atoms in total. The van der Waals surface area contributed by atoms with Gasteiger partial charge in [-0.3, -0.25) is 14.1 Å². The van der Waals surface area contributed by atoms with Crippen molar-refractivity contribution in [1.82, 2.24) is 10.0 Å². The van der Waals surface area contributed by atoms with E-state index in [1.807, 2.05) is 4.72 Å². The molecule has 280 valence electrons. The van der Waals surface area contributed by atoms with Crippen molar-refractivity contribution in [3.05, 3.63) is 12.2 Å². The maximum absolute atomic E-state index is 11.5. The molecule has 7 N–H and O–H groups in total. The summed E-state index contributed by atoms with van der Waals surface area (Å²) in [5.41, 5.74) is 0. The number of ether oxygens (including phenoxy) is 3. The lowest BCUT2D eigenvalue weighted by atomic mass is 9.95. The Bertz CT molecular complexity index is 1050. The van der Waals surface area contributed by atoms with Crippen LogP contribution in [0.3, 0.4) is 0 Å². The number of aliphatic carboxylic acids is 1. The predicted molar refractivity (Wildman–Crippen MR) is 178 cm³/mol. The molecule has 2 bridgehead atoms. The summed E-state index contributed by atoms with van der Waals surface area (Å²) >= 11 is 0. The van der Waals surface area contributed by atoms with Gasteiger partial charge in [0.25, 0.3) is 0 Å². The first kappa shape index (κ1) is 42.5. The van der Waals surface area contributed by atoms with Crippen LogP contribution in [-0.4, -0.2) is 108 Å². The summed E-state index contributed by atoms with van der Waals surface area (Å²) in [5, 5.41) is 40.8. The number of rotatable bonds is 29. The van der Waals surface area contributed by atoms with Crippen molar-refractivity contribution in [3.8, 4) is 0 Å². The first-order chi connectivity index (χ1) is 22.9. The SMILES string of the molecule is O=C(O)CNC(=O)/C=C/CCCCC[C@H]1O[C@]2(CCCCCC(O)C(O)CCCCCCCOC[C@H](CO)NS(=O)(=O)O)CCC[C@H]1O2. The first-order valence-corrected chi connectivity index (χ1v) is 19.2. The van der Waals surface area contributed by atoms with E-state index in [4.69, 9.17) is 29.0 Å². The summed E-state index contributed by atoms with van der Waals surface area (Å²) < 4.78 is 50.5. The monoisotopic (exact) mass is 708 g/mol. The standard InChI is InChI=1S/C33H60N2O12S/c36-24-26(35-48(42,43)44)25-45-22-13-6-2-3-8-15-27(37)28(38)16-9-7-12-20-33-21-14-18-30(47-33)29(46-33)17-10-4-1-5-11-19-31(39)34-23-32(40)41/h11,19,26-30,35-38H,1-10,12-18,20-25H2,(H,34,39)(H,40,41)(H,42,43,44)/b19-11+/t26-,27?,28?,29+,30+,33-/m0/s1. The van der Waals surface area contributed by atoms with Crippen molar-refractivity contribution in [2.24, 2.45) is 0 Å². The Labute approximate surface area is 285 Å². The molecule has 2 aliphatic rings. The molecule has 2 saturated heterocycles. The highest BCUT2D eigenvalue weighted by atomic mass is 32.2. The van der Waals surface area contributed by atoms with E-state index < -0.39 is 52.8 Å². The molecular formula is C33H60N2O12S. The fourth-order valence-electron chi connectivity index (χ4n) is 6.31. The van der Waals surface area contributed by atoms with Gasteiger partial charge in [-0.05, 0) is 63.9 Å². The molecule has 0 spiro atoms. The molecule has 2 rings (SSSR count). The first-order valence-electron chi connectivity index (χ1n) is 17.7. The Morgan fingerprint density at radius 2 is 1.60 bits per heavy atom. The van der Waals surface area contributed by atoms with Crippen molar-refractivity contribution >= 4 is 22.2 Å². The summed E-state index contributed by atoms with van der Waals surface area (Å²) in [6, 6.07) is -0.886. The van der Waals surface area contributed by atoms with Crippen LogP contribution in [0.4, 0.5) is 0 Å². The molecule has 6 atom stereocenters. The van der Waals surface area contributed by atoms with Gasteiger partial charge in [-0.1, -0.05) is 57.4 Å². The number of aliphatic hydroxyl groups is 3. The third-order valence-electron chi connectivity index (χ3n) is 8.88. The average Bonchev–Trinajstić information content (AvgIpc) is 3.28. The summed E-state index contributed by atoms with van der Waals surface area (Å²) in [7, 11) is -4.39. The molecule has 0 aromatic heterocycles. The maximum Gasteiger partial charge on any atom is 0.333 e.